The molecule has 0 amide bonds. The summed E-state index contributed by atoms with van der Waals surface area (Å²) in [7, 11) is -4.19. The third-order valence-corrected chi connectivity index (χ3v) is 5.14. The average Bonchev–Trinajstić information content (AvgIpc) is 2.28. The van der Waals surface area contributed by atoms with Crippen LogP contribution in [0.1, 0.15) is 16.7 Å². The Hall–Kier alpha value is -0.720. The lowest BCUT2D eigenvalue weighted by Crippen LogP contribution is -2.13. The van der Waals surface area contributed by atoms with Crippen LogP contribution in [-0.2, 0) is 32.9 Å². The van der Waals surface area contributed by atoms with Gasteiger partial charge in [0.25, 0.3) is 0 Å². The van der Waals surface area contributed by atoms with Crippen LogP contribution in [-0.4, -0.2) is 30.4 Å². The molecule has 0 fully saturated rings. The molecule has 0 aliphatic carbocycles. The van der Waals surface area contributed by atoms with E-state index >= 15 is 0 Å². The van der Waals surface area contributed by atoms with E-state index in [0.29, 0.717) is 12.3 Å². The Morgan fingerprint density at radius 1 is 1.33 bits per heavy atom. The fraction of sp³-hybridized carbons (Fsp3) is 0.500. The van der Waals surface area contributed by atoms with Crippen molar-refractivity contribution < 1.29 is 12.6 Å². The number of aryl methyl sites for hydroxylation is 1. The average molecular weight is 289 g/mol. The molecule has 4 nitrogen and oxygen atoms in total. The first-order valence-corrected chi connectivity index (χ1v) is 9.18. The lowest BCUT2D eigenvalue weighted by atomic mass is 10.1. The second-order valence-corrected chi connectivity index (χ2v) is 8.22. The van der Waals surface area contributed by atoms with Crippen LogP contribution in [0.5, 0.6) is 0 Å². The SMILES string of the molecule is Cc1cc(CN)ccc1CS(=O)CCS(C)(=O)=O. The van der Waals surface area contributed by atoms with Gasteiger partial charge in [0.05, 0.1) is 5.75 Å². The van der Waals surface area contributed by atoms with Gasteiger partial charge in [-0.05, 0) is 23.6 Å². The van der Waals surface area contributed by atoms with Gasteiger partial charge in [-0.2, -0.15) is 0 Å². The molecule has 0 heterocycles. The molecule has 1 aromatic rings. The quantitative estimate of drug-likeness (QED) is 0.838. The van der Waals surface area contributed by atoms with Crippen LogP contribution in [0.4, 0.5) is 0 Å². The lowest BCUT2D eigenvalue weighted by Gasteiger charge is -2.07. The van der Waals surface area contributed by atoms with Gasteiger partial charge in [0.1, 0.15) is 9.84 Å². The largest absolute Gasteiger partial charge is 0.326 e. The number of sulfone groups is 1. The molecule has 1 rings (SSSR count). The van der Waals surface area contributed by atoms with E-state index in [1.165, 1.54) is 0 Å². The standard InChI is InChI=1S/C12H19NO3S2/c1-10-7-11(8-13)3-4-12(10)9-17(14)5-6-18(2,15)16/h3-4,7H,5-6,8-9,13H2,1-2H3. The van der Waals surface area contributed by atoms with Gasteiger partial charge in [-0.1, -0.05) is 18.2 Å². The fourth-order valence-corrected chi connectivity index (χ4v) is 4.31. The first kappa shape index (κ1) is 15.3. The number of benzene rings is 1. The van der Waals surface area contributed by atoms with Crippen LogP contribution in [0.2, 0.25) is 0 Å². The van der Waals surface area contributed by atoms with E-state index in [1.54, 1.807) is 0 Å². The Bertz CT molecular complexity index is 538. The molecule has 102 valence electrons. The van der Waals surface area contributed by atoms with Crippen LogP contribution in [0, 0.1) is 6.92 Å². The molecule has 0 aliphatic heterocycles. The zero-order valence-corrected chi connectivity index (χ0v) is 12.3. The maximum atomic E-state index is 11.8. The normalized spacial score (nSPS) is 13.5. The summed E-state index contributed by atoms with van der Waals surface area (Å²) in [5.74, 6) is 0.558. The summed E-state index contributed by atoms with van der Waals surface area (Å²) in [5, 5.41) is 0. The van der Waals surface area contributed by atoms with E-state index in [9.17, 15) is 12.6 Å². The van der Waals surface area contributed by atoms with E-state index in [2.05, 4.69) is 0 Å². The summed E-state index contributed by atoms with van der Waals surface area (Å²) < 4.78 is 33.8. The van der Waals surface area contributed by atoms with Crippen molar-refractivity contribution in [2.75, 3.05) is 17.8 Å². The van der Waals surface area contributed by atoms with Gasteiger partial charge >= 0.3 is 0 Å². The van der Waals surface area contributed by atoms with Crippen LogP contribution in [0.3, 0.4) is 0 Å². The Balaban J connectivity index is 2.65. The minimum absolute atomic E-state index is 0.0282. The van der Waals surface area contributed by atoms with Gasteiger partial charge in [0.15, 0.2) is 0 Å². The lowest BCUT2D eigenvalue weighted by molar-refractivity contribution is 0.602. The van der Waals surface area contributed by atoms with Crippen molar-refractivity contribution >= 4 is 20.6 Å². The van der Waals surface area contributed by atoms with Gasteiger partial charge in [-0.25, -0.2) is 8.42 Å². The van der Waals surface area contributed by atoms with Gasteiger partial charge in [0.2, 0.25) is 0 Å². The van der Waals surface area contributed by atoms with E-state index in [0.717, 1.165) is 22.9 Å². The Labute approximate surface area is 111 Å². The first-order valence-electron chi connectivity index (χ1n) is 5.63. The van der Waals surface area contributed by atoms with Crippen molar-refractivity contribution in [1.29, 1.82) is 0 Å². The van der Waals surface area contributed by atoms with E-state index in [4.69, 9.17) is 5.73 Å². The Morgan fingerprint density at radius 2 is 2.00 bits per heavy atom. The molecule has 6 heteroatoms. The molecular formula is C12H19NO3S2. The highest BCUT2D eigenvalue weighted by Gasteiger charge is 2.09. The number of nitrogens with two attached hydrogens (primary N) is 1. The van der Waals surface area contributed by atoms with Crippen molar-refractivity contribution in [2.24, 2.45) is 5.73 Å². The van der Waals surface area contributed by atoms with Gasteiger partial charge in [-0.3, -0.25) is 4.21 Å². The minimum atomic E-state index is -3.04. The molecule has 1 unspecified atom stereocenters. The highest BCUT2D eigenvalue weighted by atomic mass is 32.2. The van der Waals surface area contributed by atoms with Crippen molar-refractivity contribution in [3.63, 3.8) is 0 Å². The predicted molar refractivity (Wildman–Crippen MR) is 75.5 cm³/mol. The smallest absolute Gasteiger partial charge is 0.148 e. The second kappa shape index (κ2) is 6.45. The topological polar surface area (TPSA) is 77.2 Å². The maximum absolute atomic E-state index is 11.8. The van der Waals surface area contributed by atoms with Crippen molar-refractivity contribution in [2.45, 2.75) is 19.2 Å². The van der Waals surface area contributed by atoms with Crippen LogP contribution >= 0.6 is 0 Å². The molecule has 0 spiro atoms. The molecule has 0 bridgehead atoms. The summed E-state index contributed by atoms with van der Waals surface area (Å²) in [5.41, 5.74) is 8.61. The summed E-state index contributed by atoms with van der Waals surface area (Å²) >= 11 is 0. The molecule has 0 aliphatic rings. The minimum Gasteiger partial charge on any atom is -0.326 e. The van der Waals surface area contributed by atoms with Crippen molar-refractivity contribution in [3.8, 4) is 0 Å². The van der Waals surface area contributed by atoms with Crippen molar-refractivity contribution in [3.05, 3.63) is 34.9 Å². The first-order chi connectivity index (χ1) is 8.31. The Kier molecular flexibility index (Phi) is 5.49. The number of hydrogen-bond acceptors (Lipinski definition) is 4. The van der Waals surface area contributed by atoms with Gasteiger partial charge in [0, 0.05) is 35.1 Å². The van der Waals surface area contributed by atoms with E-state index in [-0.39, 0.29) is 11.5 Å². The molecule has 2 N–H and O–H groups in total. The third-order valence-electron chi connectivity index (χ3n) is 2.64. The van der Waals surface area contributed by atoms with Gasteiger partial charge < -0.3 is 5.73 Å². The second-order valence-electron chi connectivity index (χ2n) is 4.38. The number of hydrogen-bond donors (Lipinski definition) is 1. The molecule has 1 atom stereocenters. The predicted octanol–water partition coefficient (Wildman–Crippen LogP) is 0.747. The summed E-state index contributed by atoms with van der Waals surface area (Å²) in [6, 6.07) is 5.80. The summed E-state index contributed by atoms with van der Waals surface area (Å²) in [6.45, 7) is 2.43. The Morgan fingerprint density at radius 3 is 2.50 bits per heavy atom. The molecule has 1 aromatic carbocycles. The fourth-order valence-electron chi connectivity index (χ4n) is 1.54. The molecular weight excluding hydrogens is 270 g/mol. The molecule has 0 saturated carbocycles. The molecule has 0 radical (unpaired) electrons. The molecule has 0 saturated heterocycles. The highest BCUT2D eigenvalue weighted by molar-refractivity contribution is 7.92. The van der Waals surface area contributed by atoms with Crippen LogP contribution in [0.25, 0.3) is 0 Å². The highest BCUT2D eigenvalue weighted by Crippen LogP contribution is 2.13. The van der Waals surface area contributed by atoms with Crippen molar-refractivity contribution in [1.82, 2.24) is 0 Å². The molecule has 0 aromatic heterocycles. The van der Waals surface area contributed by atoms with Crippen LogP contribution < -0.4 is 5.73 Å². The van der Waals surface area contributed by atoms with E-state index in [1.807, 2.05) is 25.1 Å². The maximum Gasteiger partial charge on any atom is 0.148 e. The van der Waals surface area contributed by atoms with Crippen LogP contribution in [0.15, 0.2) is 18.2 Å². The summed E-state index contributed by atoms with van der Waals surface area (Å²) in [4.78, 5) is 0. The number of rotatable bonds is 6. The zero-order chi connectivity index (χ0) is 13.8. The third kappa shape index (κ3) is 5.29. The van der Waals surface area contributed by atoms with E-state index < -0.39 is 20.6 Å². The summed E-state index contributed by atoms with van der Waals surface area (Å²) in [6.07, 6.45) is 1.16. The van der Waals surface area contributed by atoms with Gasteiger partial charge in [-0.15, -0.1) is 0 Å². The zero-order valence-electron chi connectivity index (χ0n) is 10.7. The monoisotopic (exact) mass is 289 g/mol. The molecule has 18 heavy (non-hydrogen) atoms.